The number of allylic oxidation sites excluding steroid dienone is 1. The maximum absolute atomic E-state index is 13.3. The predicted octanol–water partition coefficient (Wildman–Crippen LogP) is 5.56. The monoisotopic (exact) mass is 475 g/mol. The number of benzene rings is 1. The van der Waals surface area contributed by atoms with E-state index in [9.17, 15) is 9.59 Å². The molecule has 172 valence electrons. The summed E-state index contributed by atoms with van der Waals surface area (Å²) in [6.45, 7) is 11.3. The lowest BCUT2D eigenvalue weighted by Gasteiger charge is -2.37. The summed E-state index contributed by atoms with van der Waals surface area (Å²) in [7, 11) is 0. The Bertz CT molecular complexity index is 1010. The van der Waals surface area contributed by atoms with E-state index in [-0.39, 0.29) is 18.4 Å². The summed E-state index contributed by atoms with van der Waals surface area (Å²) in [6.07, 6.45) is 1.04. The first-order chi connectivity index (χ1) is 15.0. The Labute approximate surface area is 199 Å². The largest absolute Gasteiger partial charge is 0.456 e. The number of amides is 1. The van der Waals surface area contributed by atoms with Crippen molar-refractivity contribution in [3.8, 4) is 0 Å². The minimum atomic E-state index is -0.651. The van der Waals surface area contributed by atoms with Gasteiger partial charge in [-0.3, -0.25) is 4.79 Å². The van der Waals surface area contributed by atoms with Crippen molar-refractivity contribution < 1.29 is 14.3 Å². The van der Waals surface area contributed by atoms with E-state index in [0.717, 1.165) is 22.8 Å². The normalized spacial score (nSPS) is 19.2. The third-order valence-electron chi connectivity index (χ3n) is 5.15. The third kappa shape index (κ3) is 5.56. The predicted molar refractivity (Wildman–Crippen MR) is 130 cm³/mol. The highest BCUT2D eigenvalue weighted by molar-refractivity contribution is 8.16. The second kappa shape index (κ2) is 9.71. The number of aliphatic imine (C=N–C) groups is 1. The van der Waals surface area contributed by atoms with Gasteiger partial charge in [0.15, 0.2) is 5.17 Å². The maximum Gasteiger partial charge on any atom is 0.338 e. The Morgan fingerprint density at radius 1 is 1.34 bits per heavy atom. The zero-order valence-electron chi connectivity index (χ0n) is 19.4. The fourth-order valence-electron chi connectivity index (χ4n) is 3.55. The fourth-order valence-corrected chi connectivity index (χ4v) is 4.71. The molecule has 0 aliphatic carbocycles. The SMILES string of the molecule is CCC(C)NC(=O)CC1=CSC2=NC(C)=C(C(=O)OC(C)(C)C)C(c3cccc(Cl)c3)N12. The molecule has 2 atom stereocenters. The first-order valence-corrected chi connectivity index (χ1v) is 12.0. The smallest absolute Gasteiger partial charge is 0.338 e. The van der Waals surface area contributed by atoms with Gasteiger partial charge in [0.05, 0.1) is 23.7 Å². The van der Waals surface area contributed by atoms with Gasteiger partial charge in [0.2, 0.25) is 5.91 Å². The van der Waals surface area contributed by atoms with Crippen LogP contribution in [0.3, 0.4) is 0 Å². The number of ether oxygens (including phenoxy) is 1. The molecule has 0 saturated heterocycles. The molecule has 2 heterocycles. The number of halogens is 1. The number of nitrogens with one attached hydrogen (secondary N) is 1. The number of hydrogen-bond donors (Lipinski definition) is 1. The molecule has 32 heavy (non-hydrogen) atoms. The van der Waals surface area contributed by atoms with Crippen molar-refractivity contribution in [1.29, 1.82) is 0 Å². The fraction of sp³-hybridized carbons (Fsp3) is 0.458. The Kier molecular flexibility index (Phi) is 7.40. The summed E-state index contributed by atoms with van der Waals surface area (Å²) in [5, 5.41) is 6.23. The average Bonchev–Trinajstić information content (AvgIpc) is 3.07. The molecule has 0 aromatic heterocycles. The van der Waals surface area contributed by atoms with Gasteiger partial charge in [-0.1, -0.05) is 42.4 Å². The van der Waals surface area contributed by atoms with E-state index in [1.807, 2.05) is 70.0 Å². The molecule has 0 radical (unpaired) electrons. The molecule has 1 aromatic rings. The van der Waals surface area contributed by atoms with Crippen LogP contribution in [0.5, 0.6) is 0 Å². The number of nitrogens with zero attached hydrogens (tertiary/aromatic N) is 2. The van der Waals surface area contributed by atoms with Gasteiger partial charge in [0.25, 0.3) is 0 Å². The molecule has 0 spiro atoms. The average molecular weight is 476 g/mol. The van der Waals surface area contributed by atoms with E-state index in [0.29, 0.717) is 16.3 Å². The lowest BCUT2D eigenvalue weighted by Crippen LogP contribution is -2.40. The minimum absolute atomic E-state index is 0.0672. The number of rotatable bonds is 6. The summed E-state index contributed by atoms with van der Waals surface area (Å²) in [5.74, 6) is -0.495. The Balaban J connectivity index is 2.02. The van der Waals surface area contributed by atoms with Crippen LogP contribution in [0.4, 0.5) is 0 Å². The summed E-state index contributed by atoms with van der Waals surface area (Å²) in [5.41, 5.74) is 2.01. The molecule has 3 rings (SSSR count). The summed E-state index contributed by atoms with van der Waals surface area (Å²) in [6, 6.07) is 7.02. The van der Waals surface area contributed by atoms with Crippen molar-refractivity contribution in [1.82, 2.24) is 10.2 Å². The Morgan fingerprint density at radius 2 is 2.06 bits per heavy atom. The molecular formula is C24H30ClN3O3S. The van der Waals surface area contributed by atoms with Crippen molar-refractivity contribution in [2.75, 3.05) is 0 Å². The van der Waals surface area contributed by atoms with E-state index < -0.39 is 17.6 Å². The summed E-state index contributed by atoms with van der Waals surface area (Å²) in [4.78, 5) is 32.6. The van der Waals surface area contributed by atoms with Crippen LogP contribution >= 0.6 is 23.4 Å². The number of esters is 1. The van der Waals surface area contributed by atoms with Crippen LogP contribution in [0, 0.1) is 0 Å². The van der Waals surface area contributed by atoms with E-state index >= 15 is 0 Å². The van der Waals surface area contributed by atoms with E-state index in [4.69, 9.17) is 16.3 Å². The van der Waals surface area contributed by atoms with E-state index in [2.05, 4.69) is 10.3 Å². The zero-order chi connectivity index (χ0) is 23.6. The maximum atomic E-state index is 13.3. The number of carbonyl (C=O) groups is 2. The first-order valence-electron chi connectivity index (χ1n) is 10.7. The number of fused-ring (bicyclic) bond motifs is 1. The van der Waals surface area contributed by atoms with E-state index in [1.54, 1.807) is 6.07 Å². The van der Waals surface area contributed by atoms with Gasteiger partial charge in [-0.15, -0.1) is 0 Å². The Hall–Kier alpha value is -2.25. The zero-order valence-corrected chi connectivity index (χ0v) is 20.9. The van der Waals surface area contributed by atoms with Gasteiger partial charge < -0.3 is 15.0 Å². The van der Waals surface area contributed by atoms with Crippen LogP contribution in [-0.4, -0.2) is 33.6 Å². The van der Waals surface area contributed by atoms with E-state index in [1.165, 1.54) is 11.8 Å². The molecule has 1 amide bonds. The van der Waals surface area contributed by atoms with Gasteiger partial charge in [-0.25, -0.2) is 9.79 Å². The molecule has 0 fully saturated rings. The second-order valence-electron chi connectivity index (χ2n) is 9.00. The highest BCUT2D eigenvalue weighted by atomic mass is 35.5. The summed E-state index contributed by atoms with van der Waals surface area (Å²) < 4.78 is 5.73. The highest BCUT2D eigenvalue weighted by Crippen LogP contribution is 2.45. The standard InChI is InChI=1S/C24H30ClN3O3S/c1-7-14(2)26-19(29)12-18-13-32-23-27-15(3)20(22(30)31-24(4,5)6)21(28(18)23)16-9-8-10-17(25)11-16/h8-11,13-14,21H,7,12H2,1-6H3,(H,26,29). The molecule has 0 saturated carbocycles. The van der Waals surface area contributed by atoms with Gasteiger partial charge in [-0.05, 0) is 64.1 Å². The van der Waals surface area contributed by atoms with Crippen molar-refractivity contribution >= 4 is 40.4 Å². The molecule has 2 aliphatic rings. The first kappa shape index (κ1) is 24.4. The van der Waals surface area contributed by atoms with Crippen molar-refractivity contribution in [2.45, 2.75) is 72.1 Å². The molecule has 2 aliphatic heterocycles. The topological polar surface area (TPSA) is 71.0 Å². The van der Waals surface area contributed by atoms with Gasteiger partial charge in [0.1, 0.15) is 5.60 Å². The van der Waals surface area contributed by atoms with Crippen molar-refractivity contribution in [3.05, 3.63) is 57.2 Å². The molecule has 2 unspecified atom stereocenters. The Morgan fingerprint density at radius 3 is 2.69 bits per heavy atom. The van der Waals surface area contributed by atoms with Crippen molar-refractivity contribution in [2.24, 2.45) is 4.99 Å². The highest BCUT2D eigenvalue weighted by Gasteiger charge is 2.42. The molecule has 0 bridgehead atoms. The molecular weight excluding hydrogens is 446 g/mol. The third-order valence-corrected chi connectivity index (χ3v) is 6.27. The van der Waals surface area contributed by atoms with Crippen molar-refractivity contribution in [3.63, 3.8) is 0 Å². The van der Waals surface area contributed by atoms with Crippen LogP contribution in [0.1, 0.15) is 66.0 Å². The van der Waals surface area contributed by atoms with Gasteiger partial charge >= 0.3 is 5.97 Å². The van der Waals surface area contributed by atoms with Gasteiger partial charge in [-0.2, -0.15) is 0 Å². The lowest BCUT2D eigenvalue weighted by atomic mass is 9.93. The lowest BCUT2D eigenvalue weighted by molar-refractivity contribution is -0.150. The molecule has 1 N–H and O–H groups in total. The number of thioether (sulfide) groups is 1. The molecule has 1 aromatic carbocycles. The molecule has 6 nitrogen and oxygen atoms in total. The number of carbonyl (C=O) groups excluding carboxylic acids is 2. The van der Waals surface area contributed by atoms with Crippen LogP contribution in [0.2, 0.25) is 5.02 Å². The van der Waals surface area contributed by atoms with Crippen LogP contribution in [-0.2, 0) is 14.3 Å². The molecule has 8 heteroatoms. The minimum Gasteiger partial charge on any atom is -0.456 e. The second-order valence-corrected chi connectivity index (χ2v) is 10.3. The van der Waals surface area contributed by atoms with Crippen LogP contribution in [0.25, 0.3) is 0 Å². The number of amidine groups is 1. The van der Waals surface area contributed by atoms with Crippen LogP contribution in [0.15, 0.2) is 51.6 Å². The van der Waals surface area contributed by atoms with Crippen LogP contribution < -0.4 is 5.32 Å². The number of hydrogen-bond acceptors (Lipinski definition) is 6. The van der Waals surface area contributed by atoms with Gasteiger partial charge in [0, 0.05) is 16.8 Å². The quantitative estimate of drug-likeness (QED) is 0.545. The summed E-state index contributed by atoms with van der Waals surface area (Å²) >= 11 is 7.76.